The fraction of sp³-hybridized carbons (Fsp3) is 0.400. The molecule has 1 aromatic carbocycles. The molecule has 0 spiro atoms. The summed E-state index contributed by atoms with van der Waals surface area (Å²) >= 11 is 0. The summed E-state index contributed by atoms with van der Waals surface area (Å²) in [6.07, 6.45) is 0.973. The highest BCUT2D eigenvalue weighted by Crippen LogP contribution is 2.16. The molecular formula is C10H16N2. The van der Waals surface area contributed by atoms with Crippen LogP contribution in [0.1, 0.15) is 17.9 Å². The first kappa shape index (κ1) is 9.23. The zero-order chi connectivity index (χ0) is 8.81. The minimum absolute atomic E-state index is 0.427. The summed E-state index contributed by atoms with van der Waals surface area (Å²) < 4.78 is 0. The Bertz CT molecular complexity index is 208. The van der Waals surface area contributed by atoms with E-state index in [-0.39, 0.29) is 0 Å². The molecule has 0 unspecified atom stereocenters. The highest BCUT2D eigenvalue weighted by molar-refractivity contribution is 5.19. The van der Waals surface area contributed by atoms with Crippen molar-refractivity contribution < 1.29 is 0 Å². The van der Waals surface area contributed by atoms with Crippen molar-refractivity contribution in [3.05, 3.63) is 35.9 Å². The predicted molar refractivity (Wildman–Crippen MR) is 51.9 cm³/mol. The first-order valence-corrected chi connectivity index (χ1v) is 4.33. The molecule has 0 bridgehead atoms. The van der Waals surface area contributed by atoms with Crippen molar-refractivity contribution in [2.45, 2.75) is 12.3 Å². The van der Waals surface area contributed by atoms with E-state index in [2.05, 4.69) is 12.1 Å². The van der Waals surface area contributed by atoms with Crippen molar-refractivity contribution in [2.75, 3.05) is 13.1 Å². The van der Waals surface area contributed by atoms with Crippen LogP contribution in [0.5, 0.6) is 0 Å². The average molecular weight is 164 g/mol. The summed E-state index contributed by atoms with van der Waals surface area (Å²) in [5, 5.41) is 0. The van der Waals surface area contributed by atoms with Gasteiger partial charge in [0.1, 0.15) is 0 Å². The molecule has 0 fully saturated rings. The Hall–Kier alpha value is -0.860. The topological polar surface area (TPSA) is 52.0 Å². The summed E-state index contributed by atoms with van der Waals surface area (Å²) in [6.45, 7) is 1.39. The molecule has 66 valence electrons. The van der Waals surface area contributed by atoms with E-state index in [1.807, 2.05) is 18.2 Å². The molecule has 1 aromatic rings. The molecule has 2 nitrogen and oxygen atoms in total. The quantitative estimate of drug-likeness (QED) is 0.699. The molecule has 0 aliphatic rings. The Morgan fingerprint density at radius 2 is 1.75 bits per heavy atom. The summed E-state index contributed by atoms with van der Waals surface area (Å²) in [5.74, 6) is 0.427. The van der Waals surface area contributed by atoms with Gasteiger partial charge in [-0.15, -0.1) is 0 Å². The van der Waals surface area contributed by atoms with E-state index in [1.165, 1.54) is 5.56 Å². The van der Waals surface area contributed by atoms with Crippen LogP contribution >= 0.6 is 0 Å². The molecule has 1 atom stereocenters. The Morgan fingerprint density at radius 3 is 2.25 bits per heavy atom. The maximum absolute atomic E-state index is 5.64. The van der Waals surface area contributed by atoms with Gasteiger partial charge in [-0.1, -0.05) is 30.3 Å². The molecule has 2 heteroatoms. The summed E-state index contributed by atoms with van der Waals surface area (Å²) in [6, 6.07) is 10.3. The van der Waals surface area contributed by atoms with Crippen molar-refractivity contribution >= 4 is 0 Å². The third kappa shape index (κ3) is 2.32. The van der Waals surface area contributed by atoms with Crippen LogP contribution in [0, 0.1) is 0 Å². The van der Waals surface area contributed by atoms with Crippen LogP contribution in [0.3, 0.4) is 0 Å². The third-order valence-electron chi connectivity index (χ3n) is 2.07. The summed E-state index contributed by atoms with van der Waals surface area (Å²) in [5.41, 5.74) is 12.4. The number of nitrogens with two attached hydrogens (primary N) is 2. The van der Waals surface area contributed by atoms with Gasteiger partial charge in [-0.05, 0) is 31.0 Å². The van der Waals surface area contributed by atoms with E-state index >= 15 is 0 Å². The molecule has 0 aromatic heterocycles. The van der Waals surface area contributed by atoms with E-state index in [1.54, 1.807) is 0 Å². The van der Waals surface area contributed by atoms with E-state index in [0.717, 1.165) is 6.42 Å². The van der Waals surface area contributed by atoms with Gasteiger partial charge in [0.15, 0.2) is 0 Å². The SMILES string of the molecule is NCC[C@H](CN)c1ccccc1. The van der Waals surface area contributed by atoms with Crippen LogP contribution in [0.4, 0.5) is 0 Å². The lowest BCUT2D eigenvalue weighted by Crippen LogP contribution is -2.16. The van der Waals surface area contributed by atoms with Gasteiger partial charge in [0.2, 0.25) is 0 Å². The maximum atomic E-state index is 5.64. The minimum Gasteiger partial charge on any atom is -0.330 e. The minimum atomic E-state index is 0.427. The van der Waals surface area contributed by atoms with Gasteiger partial charge < -0.3 is 11.5 Å². The van der Waals surface area contributed by atoms with Gasteiger partial charge in [0, 0.05) is 0 Å². The van der Waals surface area contributed by atoms with Gasteiger partial charge in [-0.25, -0.2) is 0 Å². The lowest BCUT2D eigenvalue weighted by Gasteiger charge is -2.13. The van der Waals surface area contributed by atoms with Gasteiger partial charge in [0.05, 0.1) is 0 Å². The highest BCUT2D eigenvalue weighted by Gasteiger charge is 2.06. The fourth-order valence-electron chi connectivity index (χ4n) is 1.35. The lowest BCUT2D eigenvalue weighted by molar-refractivity contribution is 0.643. The molecule has 0 amide bonds. The summed E-state index contributed by atoms with van der Waals surface area (Å²) in [7, 11) is 0. The standard InChI is InChI=1S/C10H16N2/c11-7-6-10(8-12)9-4-2-1-3-5-9/h1-5,10H,6-8,11-12H2/t10-/m1/s1. The second kappa shape index (κ2) is 4.91. The molecular weight excluding hydrogens is 148 g/mol. The van der Waals surface area contributed by atoms with Crippen LogP contribution in [0.2, 0.25) is 0 Å². The first-order chi connectivity index (χ1) is 5.88. The average Bonchev–Trinajstić information content (AvgIpc) is 2.15. The molecule has 1 rings (SSSR count). The molecule has 12 heavy (non-hydrogen) atoms. The number of benzene rings is 1. The van der Waals surface area contributed by atoms with Gasteiger partial charge >= 0.3 is 0 Å². The Morgan fingerprint density at radius 1 is 1.08 bits per heavy atom. The van der Waals surface area contributed by atoms with Gasteiger partial charge in [0.25, 0.3) is 0 Å². The first-order valence-electron chi connectivity index (χ1n) is 4.33. The lowest BCUT2D eigenvalue weighted by atomic mass is 9.96. The molecule has 4 N–H and O–H groups in total. The Balaban J connectivity index is 2.66. The van der Waals surface area contributed by atoms with Crippen LogP contribution in [-0.4, -0.2) is 13.1 Å². The van der Waals surface area contributed by atoms with Crippen molar-refractivity contribution in [2.24, 2.45) is 11.5 Å². The highest BCUT2D eigenvalue weighted by atomic mass is 14.6. The van der Waals surface area contributed by atoms with E-state index in [0.29, 0.717) is 19.0 Å². The molecule has 0 saturated carbocycles. The maximum Gasteiger partial charge on any atom is -0.000776 e. The van der Waals surface area contributed by atoms with Crippen LogP contribution in [0.15, 0.2) is 30.3 Å². The molecule has 0 aliphatic carbocycles. The predicted octanol–water partition coefficient (Wildman–Crippen LogP) is 1.08. The van der Waals surface area contributed by atoms with Crippen molar-refractivity contribution in [3.8, 4) is 0 Å². The molecule has 0 saturated heterocycles. The molecule has 0 aliphatic heterocycles. The monoisotopic (exact) mass is 164 g/mol. The third-order valence-corrected chi connectivity index (χ3v) is 2.07. The van der Waals surface area contributed by atoms with Crippen LogP contribution in [-0.2, 0) is 0 Å². The summed E-state index contributed by atoms with van der Waals surface area (Å²) in [4.78, 5) is 0. The smallest absolute Gasteiger partial charge is 0.000776 e. The number of rotatable bonds is 4. The van der Waals surface area contributed by atoms with E-state index in [9.17, 15) is 0 Å². The Kier molecular flexibility index (Phi) is 3.77. The zero-order valence-corrected chi connectivity index (χ0v) is 7.24. The van der Waals surface area contributed by atoms with Crippen molar-refractivity contribution in [3.63, 3.8) is 0 Å². The largest absolute Gasteiger partial charge is 0.330 e. The van der Waals surface area contributed by atoms with Crippen molar-refractivity contribution in [1.29, 1.82) is 0 Å². The normalized spacial score (nSPS) is 12.8. The van der Waals surface area contributed by atoms with E-state index in [4.69, 9.17) is 11.5 Å². The molecule has 0 heterocycles. The second-order valence-corrected chi connectivity index (χ2v) is 2.92. The van der Waals surface area contributed by atoms with Crippen LogP contribution < -0.4 is 11.5 Å². The van der Waals surface area contributed by atoms with Gasteiger partial charge in [-0.3, -0.25) is 0 Å². The fourth-order valence-corrected chi connectivity index (χ4v) is 1.35. The Labute approximate surface area is 73.6 Å². The van der Waals surface area contributed by atoms with Gasteiger partial charge in [-0.2, -0.15) is 0 Å². The molecule has 0 radical (unpaired) electrons. The number of hydrogen-bond donors (Lipinski definition) is 2. The van der Waals surface area contributed by atoms with Crippen molar-refractivity contribution in [1.82, 2.24) is 0 Å². The van der Waals surface area contributed by atoms with E-state index < -0.39 is 0 Å². The second-order valence-electron chi connectivity index (χ2n) is 2.92. The van der Waals surface area contributed by atoms with Crippen LogP contribution in [0.25, 0.3) is 0 Å². The number of hydrogen-bond acceptors (Lipinski definition) is 2. The zero-order valence-electron chi connectivity index (χ0n) is 7.24.